The Morgan fingerprint density at radius 2 is 1.80 bits per heavy atom. The Balaban J connectivity index is 3.11. The van der Waals surface area contributed by atoms with Crippen LogP contribution in [0.15, 0.2) is 34.9 Å². The second kappa shape index (κ2) is 4.38. The Labute approximate surface area is 94.8 Å². The van der Waals surface area contributed by atoms with Gasteiger partial charge >= 0.3 is 0 Å². The Morgan fingerprint density at radius 3 is 2.20 bits per heavy atom. The Hall–Kier alpha value is -0.780. The maximum Gasteiger partial charge on any atom is 0.00685 e. The molecule has 1 unspecified atom stereocenters. The summed E-state index contributed by atoms with van der Waals surface area (Å²) >= 11 is 0. The van der Waals surface area contributed by atoms with E-state index >= 15 is 0 Å². The van der Waals surface area contributed by atoms with Crippen molar-refractivity contribution in [3.8, 4) is 0 Å². The van der Waals surface area contributed by atoms with Crippen LogP contribution in [0.3, 0.4) is 0 Å². The van der Waals surface area contributed by atoms with E-state index in [0.717, 1.165) is 6.42 Å². The first kappa shape index (κ1) is 12.3. The average Bonchev–Trinajstić information content (AvgIpc) is 2.17. The van der Waals surface area contributed by atoms with Crippen molar-refractivity contribution in [2.24, 2.45) is 5.41 Å². The molecule has 15 heavy (non-hydrogen) atoms. The molecule has 0 heteroatoms. The molecule has 0 bridgehead atoms. The summed E-state index contributed by atoms with van der Waals surface area (Å²) in [6.45, 7) is 15.2. The fourth-order valence-corrected chi connectivity index (χ4v) is 2.47. The highest BCUT2D eigenvalue weighted by atomic mass is 14.4. The molecule has 0 aliphatic heterocycles. The van der Waals surface area contributed by atoms with Crippen molar-refractivity contribution in [3.63, 3.8) is 0 Å². The lowest BCUT2D eigenvalue weighted by molar-refractivity contribution is 0.420. The third kappa shape index (κ3) is 2.42. The van der Waals surface area contributed by atoms with Crippen molar-refractivity contribution in [2.45, 2.75) is 53.9 Å². The van der Waals surface area contributed by atoms with Crippen LogP contribution < -0.4 is 0 Å². The van der Waals surface area contributed by atoms with Crippen molar-refractivity contribution in [1.29, 1.82) is 0 Å². The fraction of sp³-hybridized carbons (Fsp3) is 0.600. The van der Waals surface area contributed by atoms with Gasteiger partial charge in [-0.2, -0.15) is 0 Å². The second-order valence-corrected chi connectivity index (χ2v) is 5.38. The zero-order valence-corrected chi connectivity index (χ0v) is 10.9. The van der Waals surface area contributed by atoms with E-state index in [4.69, 9.17) is 0 Å². The molecule has 0 aromatic heterocycles. The van der Waals surface area contributed by atoms with E-state index in [1.165, 1.54) is 24.0 Å². The third-order valence-electron chi connectivity index (χ3n) is 3.79. The summed E-state index contributed by atoms with van der Waals surface area (Å²) < 4.78 is 0. The highest BCUT2D eigenvalue weighted by molar-refractivity contribution is 5.34. The molecular weight excluding hydrogens is 180 g/mol. The standard InChI is InChI=1S/C15H24/c1-7-15(6)9-8-13(11(2)3)10-14(15)12(4)5/h7H,1,8-10H2,2-6H3. The van der Waals surface area contributed by atoms with Crippen LogP contribution in [0.2, 0.25) is 0 Å². The van der Waals surface area contributed by atoms with Gasteiger partial charge in [-0.05, 0) is 47.0 Å². The van der Waals surface area contributed by atoms with Crippen LogP contribution in [0.4, 0.5) is 0 Å². The molecule has 0 nitrogen and oxygen atoms in total. The number of hydrogen-bond donors (Lipinski definition) is 0. The lowest BCUT2D eigenvalue weighted by Gasteiger charge is -2.37. The molecule has 1 aliphatic rings. The minimum absolute atomic E-state index is 0.234. The number of rotatable bonds is 1. The van der Waals surface area contributed by atoms with E-state index in [1.54, 1.807) is 11.1 Å². The highest BCUT2D eigenvalue weighted by Crippen LogP contribution is 2.45. The van der Waals surface area contributed by atoms with E-state index < -0.39 is 0 Å². The zero-order chi connectivity index (χ0) is 11.6. The maximum atomic E-state index is 4.01. The summed E-state index contributed by atoms with van der Waals surface area (Å²) in [7, 11) is 0. The second-order valence-electron chi connectivity index (χ2n) is 5.38. The summed E-state index contributed by atoms with van der Waals surface area (Å²) in [6, 6.07) is 0. The number of hydrogen-bond acceptors (Lipinski definition) is 0. The van der Waals surface area contributed by atoms with Gasteiger partial charge in [0.15, 0.2) is 0 Å². The summed E-state index contributed by atoms with van der Waals surface area (Å²) in [5.41, 5.74) is 6.42. The maximum absolute atomic E-state index is 4.01. The summed E-state index contributed by atoms with van der Waals surface area (Å²) in [5, 5.41) is 0. The molecule has 0 heterocycles. The Kier molecular flexibility index (Phi) is 3.59. The van der Waals surface area contributed by atoms with Crippen molar-refractivity contribution in [3.05, 3.63) is 34.9 Å². The summed E-state index contributed by atoms with van der Waals surface area (Å²) in [5.74, 6) is 0. The minimum Gasteiger partial charge on any atom is -0.102 e. The van der Waals surface area contributed by atoms with Gasteiger partial charge < -0.3 is 0 Å². The molecule has 0 aromatic rings. The molecule has 0 N–H and O–H groups in total. The van der Waals surface area contributed by atoms with E-state index in [1.807, 2.05) is 0 Å². The van der Waals surface area contributed by atoms with Gasteiger partial charge in [0.2, 0.25) is 0 Å². The molecule has 0 spiro atoms. The van der Waals surface area contributed by atoms with Gasteiger partial charge in [0.25, 0.3) is 0 Å². The van der Waals surface area contributed by atoms with Crippen LogP contribution in [0.5, 0.6) is 0 Å². The first-order valence-corrected chi connectivity index (χ1v) is 5.86. The lowest BCUT2D eigenvalue weighted by atomic mass is 9.68. The smallest absolute Gasteiger partial charge is 0.00685 e. The minimum atomic E-state index is 0.234. The highest BCUT2D eigenvalue weighted by Gasteiger charge is 2.31. The Bertz CT molecular complexity index is 320. The summed E-state index contributed by atoms with van der Waals surface area (Å²) in [6.07, 6.45) is 5.75. The molecular formula is C15H24. The molecule has 1 rings (SSSR count). The molecule has 84 valence electrons. The van der Waals surface area contributed by atoms with E-state index in [9.17, 15) is 0 Å². The van der Waals surface area contributed by atoms with E-state index in [2.05, 4.69) is 47.3 Å². The van der Waals surface area contributed by atoms with E-state index in [-0.39, 0.29) is 5.41 Å². The molecule has 0 saturated heterocycles. The van der Waals surface area contributed by atoms with E-state index in [0.29, 0.717) is 0 Å². The molecule has 0 amide bonds. The van der Waals surface area contributed by atoms with Gasteiger partial charge in [-0.15, -0.1) is 6.58 Å². The molecule has 1 atom stereocenters. The average molecular weight is 204 g/mol. The van der Waals surface area contributed by atoms with Crippen LogP contribution in [-0.4, -0.2) is 0 Å². The third-order valence-corrected chi connectivity index (χ3v) is 3.79. The Morgan fingerprint density at radius 1 is 1.20 bits per heavy atom. The van der Waals surface area contributed by atoms with Crippen molar-refractivity contribution < 1.29 is 0 Å². The van der Waals surface area contributed by atoms with Crippen molar-refractivity contribution >= 4 is 0 Å². The predicted octanol–water partition coefficient (Wildman–Crippen LogP) is 5.04. The molecule has 0 aromatic carbocycles. The topological polar surface area (TPSA) is 0 Å². The molecule has 1 saturated carbocycles. The lowest BCUT2D eigenvalue weighted by Crippen LogP contribution is -2.23. The first-order chi connectivity index (χ1) is 6.90. The van der Waals surface area contributed by atoms with Gasteiger partial charge in [-0.1, -0.05) is 35.3 Å². The SMILES string of the molecule is C=CC1(C)CCC(=C(C)C)CC1=C(C)C. The first-order valence-electron chi connectivity index (χ1n) is 5.86. The van der Waals surface area contributed by atoms with Crippen LogP contribution in [0.25, 0.3) is 0 Å². The van der Waals surface area contributed by atoms with Crippen LogP contribution in [0.1, 0.15) is 53.9 Å². The number of allylic oxidation sites excluding steroid dienone is 5. The normalized spacial score (nSPS) is 26.5. The molecule has 0 radical (unpaired) electrons. The van der Waals surface area contributed by atoms with Crippen LogP contribution in [0, 0.1) is 5.41 Å². The van der Waals surface area contributed by atoms with Gasteiger partial charge in [0.05, 0.1) is 0 Å². The predicted molar refractivity (Wildman–Crippen MR) is 68.9 cm³/mol. The molecule has 1 fully saturated rings. The van der Waals surface area contributed by atoms with Crippen LogP contribution in [-0.2, 0) is 0 Å². The fourth-order valence-electron chi connectivity index (χ4n) is 2.47. The van der Waals surface area contributed by atoms with Crippen LogP contribution >= 0.6 is 0 Å². The van der Waals surface area contributed by atoms with Crippen molar-refractivity contribution in [1.82, 2.24) is 0 Å². The summed E-state index contributed by atoms with van der Waals surface area (Å²) in [4.78, 5) is 0. The quantitative estimate of drug-likeness (QED) is 0.525. The van der Waals surface area contributed by atoms with Gasteiger partial charge in [0, 0.05) is 5.41 Å². The van der Waals surface area contributed by atoms with Gasteiger partial charge in [-0.25, -0.2) is 0 Å². The van der Waals surface area contributed by atoms with Gasteiger partial charge in [0.1, 0.15) is 0 Å². The zero-order valence-electron chi connectivity index (χ0n) is 10.9. The van der Waals surface area contributed by atoms with Gasteiger partial charge in [-0.3, -0.25) is 0 Å². The van der Waals surface area contributed by atoms with Crippen molar-refractivity contribution in [2.75, 3.05) is 0 Å². The monoisotopic (exact) mass is 204 g/mol. The molecule has 1 aliphatic carbocycles. The largest absolute Gasteiger partial charge is 0.102 e.